The van der Waals surface area contributed by atoms with Crippen LogP contribution in [0.5, 0.6) is 0 Å². The minimum atomic E-state index is -1.40. The Hall–Kier alpha value is 0.705. The monoisotopic (exact) mass is 288 g/mol. The summed E-state index contributed by atoms with van der Waals surface area (Å²) in [5.74, 6) is 0. The molecule has 0 amide bonds. The molecule has 1 heterocycles. The van der Waals surface area contributed by atoms with E-state index in [1.54, 1.807) is 6.07 Å². The zero-order valence-electron chi connectivity index (χ0n) is 4.71. The first-order valence-electron chi connectivity index (χ1n) is 2.42. The van der Waals surface area contributed by atoms with Crippen molar-refractivity contribution >= 4 is 57.4 Å². The van der Waals surface area contributed by atoms with Crippen LogP contribution in [-0.4, -0.2) is 17.2 Å². The lowest BCUT2D eigenvalue weighted by atomic mass is 9.90. The Balaban J connectivity index is 2.98. The van der Waals surface area contributed by atoms with Crippen LogP contribution in [0.1, 0.15) is 0 Å². The van der Waals surface area contributed by atoms with Crippen molar-refractivity contribution in [3.05, 3.63) is 14.0 Å². The fraction of sp³-hybridized carbons (Fsp3) is 0. The van der Waals surface area contributed by atoms with Crippen LogP contribution in [0.25, 0.3) is 0 Å². The van der Waals surface area contributed by atoms with Gasteiger partial charge in [-0.1, -0.05) is 11.6 Å². The zero-order valence-corrected chi connectivity index (χ0v) is 8.44. The van der Waals surface area contributed by atoms with E-state index in [2.05, 4.69) is 0 Å². The standard InChI is InChI=1S/C4H3BClIO2S/c6-4-2(7)1-3(10-4)5(8)9/h1,8-9H. The Bertz CT molecular complexity index is 220. The molecule has 0 aromatic carbocycles. The molecule has 1 rings (SSSR count). The molecule has 0 radical (unpaired) electrons. The van der Waals surface area contributed by atoms with E-state index in [1.807, 2.05) is 22.6 Å². The van der Waals surface area contributed by atoms with Gasteiger partial charge in [0, 0.05) is 8.35 Å². The van der Waals surface area contributed by atoms with Crippen LogP contribution in [0.15, 0.2) is 6.07 Å². The van der Waals surface area contributed by atoms with Gasteiger partial charge in [0.2, 0.25) is 0 Å². The summed E-state index contributed by atoms with van der Waals surface area (Å²) in [5.41, 5.74) is 0. The SMILES string of the molecule is OB(O)c1cc(I)c(Cl)s1. The minimum Gasteiger partial charge on any atom is -0.423 e. The second-order valence-electron chi connectivity index (χ2n) is 1.64. The van der Waals surface area contributed by atoms with Gasteiger partial charge in [-0.05, 0) is 28.7 Å². The lowest BCUT2D eigenvalue weighted by Crippen LogP contribution is -2.26. The Morgan fingerprint density at radius 3 is 2.40 bits per heavy atom. The molecule has 0 fully saturated rings. The Morgan fingerprint density at radius 2 is 2.20 bits per heavy atom. The predicted molar refractivity (Wildman–Crippen MR) is 51.9 cm³/mol. The third-order valence-corrected chi connectivity index (χ3v) is 3.85. The molecule has 54 valence electrons. The van der Waals surface area contributed by atoms with Crippen LogP contribution in [0.2, 0.25) is 4.34 Å². The summed E-state index contributed by atoms with van der Waals surface area (Å²) in [7, 11) is -1.40. The van der Waals surface area contributed by atoms with E-state index in [9.17, 15) is 0 Å². The van der Waals surface area contributed by atoms with E-state index in [4.69, 9.17) is 21.6 Å². The first kappa shape index (κ1) is 8.80. The Morgan fingerprint density at radius 1 is 1.60 bits per heavy atom. The largest absolute Gasteiger partial charge is 0.499 e. The van der Waals surface area contributed by atoms with E-state index in [-0.39, 0.29) is 0 Å². The summed E-state index contributed by atoms with van der Waals surface area (Å²) >= 11 is 8.88. The Kier molecular flexibility index (Phi) is 2.99. The summed E-state index contributed by atoms with van der Waals surface area (Å²) in [6.45, 7) is 0. The van der Waals surface area contributed by atoms with Gasteiger partial charge in [0.1, 0.15) is 4.34 Å². The average molecular weight is 288 g/mol. The normalized spacial score (nSPS) is 10.0. The molecule has 1 aromatic rings. The van der Waals surface area contributed by atoms with Gasteiger partial charge in [-0.2, -0.15) is 0 Å². The molecule has 0 aliphatic carbocycles. The number of rotatable bonds is 1. The average Bonchev–Trinajstić information content (AvgIpc) is 2.13. The van der Waals surface area contributed by atoms with E-state index in [1.165, 1.54) is 11.3 Å². The van der Waals surface area contributed by atoms with Crippen LogP contribution < -0.4 is 4.78 Å². The highest BCUT2D eigenvalue weighted by atomic mass is 127. The summed E-state index contributed by atoms with van der Waals surface area (Å²) in [4.78, 5) is 0. The van der Waals surface area contributed by atoms with Gasteiger partial charge in [0.25, 0.3) is 0 Å². The van der Waals surface area contributed by atoms with Crippen molar-refractivity contribution in [1.29, 1.82) is 0 Å². The van der Waals surface area contributed by atoms with Gasteiger partial charge < -0.3 is 10.0 Å². The van der Waals surface area contributed by atoms with Crippen LogP contribution >= 0.6 is 45.5 Å². The highest BCUT2D eigenvalue weighted by Crippen LogP contribution is 2.22. The van der Waals surface area contributed by atoms with Gasteiger partial charge in [0.05, 0.1) is 0 Å². The third-order valence-electron chi connectivity index (χ3n) is 0.919. The lowest BCUT2D eigenvalue weighted by Gasteiger charge is -1.87. The van der Waals surface area contributed by atoms with Gasteiger partial charge in [0.15, 0.2) is 0 Å². The maximum atomic E-state index is 8.67. The number of hydrogen-bond donors (Lipinski definition) is 2. The molecule has 1 aromatic heterocycles. The number of halogens is 2. The molecule has 2 nitrogen and oxygen atoms in total. The molecular formula is C4H3BClIO2S. The fourth-order valence-electron chi connectivity index (χ4n) is 0.491. The first-order chi connectivity index (χ1) is 4.61. The second-order valence-corrected chi connectivity index (χ2v) is 4.49. The summed E-state index contributed by atoms with van der Waals surface area (Å²) in [5, 5.41) is 17.3. The summed E-state index contributed by atoms with van der Waals surface area (Å²) in [6, 6.07) is 1.65. The van der Waals surface area contributed by atoms with E-state index in [0.29, 0.717) is 9.11 Å². The van der Waals surface area contributed by atoms with Crippen LogP contribution in [0.4, 0.5) is 0 Å². The van der Waals surface area contributed by atoms with Gasteiger partial charge >= 0.3 is 7.12 Å². The molecule has 0 bridgehead atoms. The van der Waals surface area contributed by atoms with Crippen LogP contribution in [-0.2, 0) is 0 Å². The molecule has 0 atom stereocenters. The highest BCUT2D eigenvalue weighted by Gasteiger charge is 2.15. The second kappa shape index (κ2) is 3.40. The predicted octanol–water partition coefficient (Wildman–Crippen LogP) is 0.686. The zero-order chi connectivity index (χ0) is 7.72. The van der Waals surface area contributed by atoms with Crippen LogP contribution in [0, 0.1) is 3.57 Å². The van der Waals surface area contributed by atoms with E-state index >= 15 is 0 Å². The van der Waals surface area contributed by atoms with Crippen molar-refractivity contribution in [3.63, 3.8) is 0 Å². The number of hydrogen-bond acceptors (Lipinski definition) is 3. The summed E-state index contributed by atoms with van der Waals surface area (Å²) in [6.07, 6.45) is 0. The van der Waals surface area contributed by atoms with Gasteiger partial charge in [-0.25, -0.2) is 0 Å². The molecule has 0 aliphatic rings. The number of thiophene rings is 1. The maximum Gasteiger partial charge on any atom is 0.499 e. The molecule has 10 heavy (non-hydrogen) atoms. The van der Waals surface area contributed by atoms with Crippen molar-refractivity contribution in [3.8, 4) is 0 Å². The van der Waals surface area contributed by atoms with Crippen molar-refractivity contribution < 1.29 is 10.0 Å². The minimum absolute atomic E-state index is 0.481. The molecule has 2 N–H and O–H groups in total. The molecule has 0 saturated carbocycles. The molecule has 6 heteroatoms. The Labute approximate surface area is 81.1 Å². The topological polar surface area (TPSA) is 40.5 Å². The van der Waals surface area contributed by atoms with Crippen molar-refractivity contribution in [1.82, 2.24) is 0 Å². The lowest BCUT2D eigenvalue weighted by molar-refractivity contribution is 0.427. The van der Waals surface area contributed by atoms with Crippen molar-refractivity contribution in [2.45, 2.75) is 0 Å². The van der Waals surface area contributed by atoms with Gasteiger partial charge in [-0.15, -0.1) is 11.3 Å². The third kappa shape index (κ3) is 1.85. The van der Waals surface area contributed by atoms with Crippen molar-refractivity contribution in [2.24, 2.45) is 0 Å². The van der Waals surface area contributed by atoms with E-state index < -0.39 is 7.12 Å². The molecule has 0 spiro atoms. The molecule has 0 saturated heterocycles. The van der Waals surface area contributed by atoms with Crippen LogP contribution in [0.3, 0.4) is 0 Å². The highest BCUT2D eigenvalue weighted by molar-refractivity contribution is 14.1. The maximum absolute atomic E-state index is 8.67. The van der Waals surface area contributed by atoms with E-state index in [0.717, 1.165) is 3.57 Å². The first-order valence-corrected chi connectivity index (χ1v) is 4.69. The smallest absolute Gasteiger partial charge is 0.423 e. The molecular weight excluding hydrogens is 285 g/mol. The summed E-state index contributed by atoms with van der Waals surface area (Å²) < 4.78 is 1.94. The quantitative estimate of drug-likeness (QED) is 0.589. The fourth-order valence-corrected chi connectivity index (χ4v) is 2.34. The van der Waals surface area contributed by atoms with Gasteiger partial charge in [-0.3, -0.25) is 0 Å². The van der Waals surface area contributed by atoms with Crippen molar-refractivity contribution in [2.75, 3.05) is 0 Å². The molecule has 0 unspecified atom stereocenters. The molecule has 0 aliphatic heterocycles.